The predicted molar refractivity (Wildman–Crippen MR) is 53.7 cm³/mol. The Labute approximate surface area is 82.6 Å². The molecule has 0 radical (unpaired) electrons. The van der Waals surface area contributed by atoms with Gasteiger partial charge in [-0.2, -0.15) is 0 Å². The molecule has 0 aromatic carbocycles. The van der Waals surface area contributed by atoms with Crippen molar-refractivity contribution in [2.75, 3.05) is 0 Å². The summed E-state index contributed by atoms with van der Waals surface area (Å²) in [5.41, 5.74) is 0. The van der Waals surface area contributed by atoms with E-state index in [1.54, 1.807) is 0 Å². The molecule has 0 aromatic heterocycles. The molecule has 74 valence electrons. The van der Waals surface area contributed by atoms with Crippen LogP contribution in [0.15, 0.2) is 0 Å². The van der Waals surface area contributed by atoms with Crippen LogP contribution >= 0.6 is 24.2 Å². The largest absolute Gasteiger partial charge is 0.326 e. The summed E-state index contributed by atoms with van der Waals surface area (Å²) in [6.45, 7) is 4.21. The highest BCUT2D eigenvalue weighted by Crippen LogP contribution is 2.27. The first kappa shape index (κ1) is 12.6. The molecule has 0 aromatic rings. The number of hydrogen-bond acceptors (Lipinski definition) is 2. The standard InChI is InChI=1S/C7H16BrO3P/c1-3-6(4-2)5-7(8)11-12(9)10/h6-7,12H,3-5H2,1-2H3,(H,9,10). The van der Waals surface area contributed by atoms with Gasteiger partial charge in [0.15, 0.2) is 0 Å². The first-order valence-corrected chi connectivity index (χ1v) is 6.31. The Morgan fingerprint density at radius 1 is 1.50 bits per heavy atom. The Kier molecular flexibility index (Phi) is 7.45. The summed E-state index contributed by atoms with van der Waals surface area (Å²) < 4.78 is 15.0. The molecular formula is C7H16BrO3P. The zero-order valence-electron chi connectivity index (χ0n) is 7.42. The van der Waals surface area contributed by atoms with Crippen molar-refractivity contribution in [3.05, 3.63) is 0 Å². The second-order valence-electron chi connectivity index (χ2n) is 2.71. The van der Waals surface area contributed by atoms with E-state index in [9.17, 15) is 4.57 Å². The lowest BCUT2D eigenvalue weighted by molar-refractivity contribution is 0.230. The smallest absolute Gasteiger partial charge is 0.317 e. The van der Waals surface area contributed by atoms with E-state index in [4.69, 9.17) is 9.42 Å². The van der Waals surface area contributed by atoms with Crippen molar-refractivity contribution in [2.45, 2.75) is 38.1 Å². The van der Waals surface area contributed by atoms with Crippen molar-refractivity contribution < 1.29 is 14.0 Å². The zero-order chi connectivity index (χ0) is 9.56. The molecule has 2 atom stereocenters. The molecule has 3 nitrogen and oxygen atoms in total. The molecule has 0 rings (SSSR count). The van der Waals surface area contributed by atoms with Gasteiger partial charge < -0.3 is 4.89 Å². The molecule has 12 heavy (non-hydrogen) atoms. The Bertz CT molecular complexity index is 139. The topological polar surface area (TPSA) is 46.5 Å². The third-order valence-corrected chi connectivity index (χ3v) is 3.29. The van der Waals surface area contributed by atoms with Gasteiger partial charge in [-0.1, -0.05) is 42.6 Å². The minimum Gasteiger partial charge on any atom is -0.326 e. The molecule has 0 spiro atoms. The molecule has 0 heterocycles. The monoisotopic (exact) mass is 258 g/mol. The van der Waals surface area contributed by atoms with Crippen LogP contribution in [0.4, 0.5) is 0 Å². The molecule has 0 saturated carbocycles. The molecular weight excluding hydrogens is 243 g/mol. The van der Waals surface area contributed by atoms with Gasteiger partial charge in [-0.15, -0.1) is 0 Å². The number of alkyl halides is 1. The van der Waals surface area contributed by atoms with Crippen LogP contribution in [0.2, 0.25) is 0 Å². The fraction of sp³-hybridized carbons (Fsp3) is 1.00. The lowest BCUT2D eigenvalue weighted by Crippen LogP contribution is -2.07. The maximum atomic E-state index is 10.3. The van der Waals surface area contributed by atoms with Crippen LogP contribution in [0.1, 0.15) is 33.1 Å². The fourth-order valence-corrected chi connectivity index (χ4v) is 2.36. The molecule has 2 unspecified atom stereocenters. The van der Waals surface area contributed by atoms with Gasteiger partial charge in [0.25, 0.3) is 0 Å². The lowest BCUT2D eigenvalue weighted by Gasteiger charge is -2.15. The molecule has 0 saturated heterocycles. The van der Waals surface area contributed by atoms with Crippen LogP contribution in [0.5, 0.6) is 0 Å². The predicted octanol–water partition coefficient (Wildman–Crippen LogP) is 2.93. The Balaban J connectivity index is 3.65. The van der Waals surface area contributed by atoms with Crippen molar-refractivity contribution in [3.63, 3.8) is 0 Å². The average Bonchev–Trinajstić information content (AvgIpc) is 1.98. The summed E-state index contributed by atoms with van der Waals surface area (Å²) in [5.74, 6) is 0.565. The molecule has 0 aliphatic heterocycles. The maximum Gasteiger partial charge on any atom is 0.317 e. The van der Waals surface area contributed by atoms with E-state index in [2.05, 4.69) is 29.8 Å². The van der Waals surface area contributed by atoms with Crippen LogP contribution in [-0.2, 0) is 9.09 Å². The summed E-state index contributed by atoms with van der Waals surface area (Å²) >= 11 is 3.20. The van der Waals surface area contributed by atoms with Crippen molar-refractivity contribution in [3.8, 4) is 0 Å². The summed E-state index contributed by atoms with van der Waals surface area (Å²) in [7, 11) is -2.79. The van der Waals surface area contributed by atoms with Gasteiger partial charge in [0.1, 0.15) is 5.01 Å². The third-order valence-electron chi connectivity index (χ3n) is 1.90. The van der Waals surface area contributed by atoms with E-state index in [1.807, 2.05) is 0 Å². The Morgan fingerprint density at radius 2 is 2.00 bits per heavy atom. The van der Waals surface area contributed by atoms with Crippen molar-refractivity contribution >= 4 is 24.2 Å². The maximum absolute atomic E-state index is 10.3. The average molecular weight is 259 g/mol. The van der Waals surface area contributed by atoms with Gasteiger partial charge in [-0.3, -0.25) is 9.09 Å². The lowest BCUT2D eigenvalue weighted by atomic mass is 10.0. The van der Waals surface area contributed by atoms with Gasteiger partial charge in [-0.25, -0.2) is 0 Å². The van der Waals surface area contributed by atoms with Crippen molar-refractivity contribution in [2.24, 2.45) is 5.92 Å². The van der Waals surface area contributed by atoms with E-state index in [0.717, 1.165) is 19.3 Å². The van der Waals surface area contributed by atoms with E-state index in [-0.39, 0.29) is 5.01 Å². The van der Waals surface area contributed by atoms with Crippen molar-refractivity contribution in [1.82, 2.24) is 0 Å². The summed E-state index contributed by atoms with van der Waals surface area (Å²) in [6, 6.07) is 0. The van der Waals surface area contributed by atoms with Gasteiger partial charge in [0.2, 0.25) is 0 Å². The number of hydrogen-bond donors (Lipinski definition) is 1. The highest BCUT2D eigenvalue weighted by Gasteiger charge is 2.12. The second kappa shape index (κ2) is 7.07. The van der Waals surface area contributed by atoms with Crippen LogP contribution in [0.25, 0.3) is 0 Å². The Morgan fingerprint density at radius 3 is 2.33 bits per heavy atom. The van der Waals surface area contributed by atoms with E-state index < -0.39 is 8.25 Å². The molecule has 0 bridgehead atoms. The first-order chi connectivity index (χ1) is 5.60. The molecule has 0 amide bonds. The molecule has 5 heteroatoms. The SMILES string of the molecule is CCC(CC)CC(Br)O[PH](=O)O. The van der Waals surface area contributed by atoms with Crippen molar-refractivity contribution in [1.29, 1.82) is 0 Å². The molecule has 0 aliphatic rings. The second-order valence-corrected chi connectivity index (χ2v) is 4.50. The molecule has 0 fully saturated rings. The van der Waals surface area contributed by atoms with Gasteiger partial charge >= 0.3 is 8.25 Å². The summed E-state index contributed by atoms with van der Waals surface area (Å²) in [5, 5.41) is -0.279. The van der Waals surface area contributed by atoms with Crippen LogP contribution in [0, 0.1) is 5.92 Å². The zero-order valence-corrected chi connectivity index (χ0v) is 10.0. The van der Waals surface area contributed by atoms with E-state index in [1.165, 1.54) is 0 Å². The summed E-state index contributed by atoms with van der Waals surface area (Å²) in [6.07, 6.45) is 2.95. The fourth-order valence-electron chi connectivity index (χ4n) is 1.04. The van der Waals surface area contributed by atoms with E-state index >= 15 is 0 Å². The van der Waals surface area contributed by atoms with Gasteiger partial charge in [0.05, 0.1) is 0 Å². The third kappa shape index (κ3) is 6.18. The van der Waals surface area contributed by atoms with Crippen LogP contribution in [-0.4, -0.2) is 9.91 Å². The summed E-state index contributed by atoms with van der Waals surface area (Å²) in [4.78, 5) is 8.48. The van der Waals surface area contributed by atoms with Gasteiger partial charge in [-0.05, 0) is 12.3 Å². The number of halogens is 1. The van der Waals surface area contributed by atoms with Crippen LogP contribution < -0.4 is 0 Å². The highest BCUT2D eigenvalue weighted by molar-refractivity contribution is 9.09. The molecule has 1 N–H and O–H groups in total. The first-order valence-electron chi connectivity index (χ1n) is 4.13. The quantitative estimate of drug-likeness (QED) is 0.589. The molecule has 0 aliphatic carbocycles. The minimum absolute atomic E-state index is 0.279. The van der Waals surface area contributed by atoms with Gasteiger partial charge in [0, 0.05) is 0 Å². The minimum atomic E-state index is -2.79. The van der Waals surface area contributed by atoms with Crippen LogP contribution in [0.3, 0.4) is 0 Å². The highest BCUT2D eigenvalue weighted by atomic mass is 79.9. The number of rotatable bonds is 6. The van der Waals surface area contributed by atoms with E-state index in [0.29, 0.717) is 5.92 Å². The normalized spacial score (nSPS) is 16.4. The Hall–Kier alpha value is 0.630.